The highest BCUT2D eigenvalue weighted by Crippen LogP contribution is 2.23. The number of nitrogens with two attached hydrogens (primary N) is 1. The fraction of sp³-hybridized carbons (Fsp3) is 0.333. The molecule has 1 atom stereocenters. The number of aromatic nitrogens is 2. The van der Waals surface area contributed by atoms with Crippen molar-refractivity contribution in [2.75, 3.05) is 6.61 Å². The smallest absolute Gasteiger partial charge is 0.258 e. The van der Waals surface area contributed by atoms with Gasteiger partial charge in [-0.15, -0.1) is 0 Å². The number of rotatable bonds is 3. The number of aliphatic hydroxyl groups is 1. The molecule has 2 rings (SSSR count). The molecule has 1 unspecified atom stereocenters. The number of nitrogens with zero attached hydrogens (tertiary/aromatic N) is 2. The first-order valence-corrected chi connectivity index (χ1v) is 5.39. The van der Waals surface area contributed by atoms with Gasteiger partial charge in [0.05, 0.1) is 12.6 Å². The van der Waals surface area contributed by atoms with Crippen LogP contribution >= 0.6 is 0 Å². The maximum Gasteiger partial charge on any atom is 0.258 e. The second-order valence-electron chi connectivity index (χ2n) is 4.07. The Kier molecular flexibility index (Phi) is 3.21. The second kappa shape index (κ2) is 4.65. The number of hydrogen-bond donors (Lipinski definition) is 2. The highest BCUT2D eigenvalue weighted by Gasteiger charge is 2.15. The Labute approximate surface area is 99.3 Å². The van der Waals surface area contributed by atoms with Crippen LogP contribution in [0, 0.1) is 13.8 Å². The molecule has 3 N–H and O–H groups in total. The van der Waals surface area contributed by atoms with Gasteiger partial charge in [0.2, 0.25) is 0 Å². The molecule has 0 aliphatic carbocycles. The second-order valence-corrected chi connectivity index (χ2v) is 4.07. The number of aliphatic hydroxyl groups excluding tert-OH is 1. The largest absolute Gasteiger partial charge is 0.394 e. The Hall–Kier alpha value is -1.72. The molecule has 1 heterocycles. The standard InChI is InChI=1S/C12H15N3O2/c1-7-3-4-9(8(2)5-7)12-14-11(15-17-12)10(13)6-16/h3-5,10,16H,6,13H2,1-2H3. The highest BCUT2D eigenvalue weighted by atomic mass is 16.5. The Bertz CT molecular complexity index is 522. The van der Waals surface area contributed by atoms with Crippen LogP contribution in [0.3, 0.4) is 0 Å². The molecule has 0 bridgehead atoms. The molecular formula is C12H15N3O2. The van der Waals surface area contributed by atoms with Gasteiger partial charge in [0, 0.05) is 5.56 Å². The van der Waals surface area contributed by atoms with Crippen LogP contribution < -0.4 is 5.73 Å². The summed E-state index contributed by atoms with van der Waals surface area (Å²) in [6, 6.07) is 5.37. The molecule has 5 heteroatoms. The zero-order chi connectivity index (χ0) is 12.4. The summed E-state index contributed by atoms with van der Waals surface area (Å²) in [5.74, 6) is 0.754. The van der Waals surface area contributed by atoms with Crippen molar-refractivity contribution in [3.8, 4) is 11.5 Å². The van der Waals surface area contributed by atoms with E-state index in [-0.39, 0.29) is 6.61 Å². The van der Waals surface area contributed by atoms with Crippen LogP contribution in [0.1, 0.15) is 23.0 Å². The lowest BCUT2D eigenvalue weighted by molar-refractivity contribution is 0.260. The van der Waals surface area contributed by atoms with Crippen LogP contribution in [-0.4, -0.2) is 21.9 Å². The first kappa shape index (κ1) is 11.8. The molecule has 2 aromatic rings. The lowest BCUT2D eigenvalue weighted by Gasteiger charge is -2.01. The monoisotopic (exact) mass is 233 g/mol. The minimum atomic E-state index is -0.599. The molecular weight excluding hydrogens is 218 g/mol. The lowest BCUT2D eigenvalue weighted by Crippen LogP contribution is -2.15. The molecule has 0 saturated carbocycles. The summed E-state index contributed by atoms with van der Waals surface area (Å²) in [4.78, 5) is 4.18. The maximum absolute atomic E-state index is 8.91. The molecule has 0 spiro atoms. The van der Waals surface area contributed by atoms with Gasteiger partial charge in [0.15, 0.2) is 5.82 Å². The van der Waals surface area contributed by atoms with Gasteiger partial charge in [-0.3, -0.25) is 0 Å². The van der Waals surface area contributed by atoms with Crippen LogP contribution in [0.15, 0.2) is 22.7 Å². The highest BCUT2D eigenvalue weighted by molar-refractivity contribution is 5.58. The van der Waals surface area contributed by atoms with E-state index in [4.69, 9.17) is 15.4 Å². The summed E-state index contributed by atoms with van der Waals surface area (Å²) in [5.41, 5.74) is 8.75. The third-order valence-corrected chi connectivity index (χ3v) is 2.58. The van der Waals surface area contributed by atoms with Crippen LogP contribution in [-0.2, 0) is 0 Å². The Morgan fingerprint density at radius 3 is 2.82 bits per heavy atom. The predicted octanol–water partition coefficient (Wildman–Crippen LogP) is 1.35. The van der Waals surface area contributed by atoms with Gasteiger partial charge in [-0.05, 0) is 25.5 Å². The van der Waals surface area contributed by atoms with Crippen molar-refractivity contribution in [2.24, 2.45) is 5.73 Å². The fourth-order valence-corrected chi connectivity index (χ4v) is 1.63. The van der Waals surface area contributed by atoms with Gasteiger partial charge >= 0.3 is 0 Å². The average Bonchev–Trinajstić information content (AvgIpc) is 2.77. The zero-order valence-corrected chi connectivity index (χ0v) is 9.84. The van der Waals surface area contributed by atoms with Crippen molar-refractivity contribution < 1.29 is 9.63 Å². The van der Waals surface area contributed by atoms with Crippen LogP contribution in [0.2, 0.25) is 0 Å². The SMILES string of the molecule is Cc1ccc(-c2nc(C(N)CO)no2)c(C)c1. The van der Waals surface area contributed by atoms with Crippen LogP contribution in [0.4, 0.5) is 0 Å². The maximum atomic E-state index is 8.91. The molecule has 5 nitrogen and oxygen atoms in total. The normalized spacial score (nSPS) is 12.7. The van der Waals surface area contributed by atoms with Crippen molar-refractivity contribution in [1.82, 2.24) is 10.1 Å². The Morgan fingerprint density at radius 1 is 1.41 bits per heavy atom. The molecule has 0 amide bonds. The first-order valence-electron chi connectivity index (χ1n) is 5.39. The van der Waals surface area contributed by atoms with E-state index in [1.165, 1.54) is 5.56 Å². The quantitative estimate of drug-likeness (QED) is 0.835. The van der Waals surface area contributed by atoms with E-state index in [0.717, 1.165) is 11.1 Å². The summed E-state index contributed by atoms with van der Waals surface area (Å²) in [6.07, 6.45) is 0. The minimum absolute atomic E-state index is 0.203. The van der Waals surface area contributed by atoms with Gasteiger partial charge in [-0.2, -0.15) is 4.98 Å². The van der Waals surface area contributed by atoms with Crippen LogP contribution in [0.25, 0.3) is 11.5 Å². The van der Waals surface area contributed by atoms with E-state index in [2.05, 4.69) is 10.1 Å². The third-order valence-electron chi connectivity index (χ3n) is 2.58. The van der Waals surface area contributed by atoms with Crippen molar-refractivity contribution in [3.05, 3.63) is 35.2 Å². The topological polar surface area (TPSA) is 85.2 Å². The molecule has 0 fully saturated rings. The third kappa shape index (κ3) is 2.35. The van der Waals surface area contributed by atoms with Crippen molar-refractivity contribution in [1.29, 1.82) is 0 Å². The van der Waals surface area contributed by atoms with Gasteiger partial charge in [0.25, 0.3) is 5.89 Å². The zero-order valence-electron chi connectivity index (χ0n) is 9.84. The van der Waals surface area contributed by atoms with E-state index >= 15 is 0 Å². The molecule has 1 aromatic carbocycles. The molecule has 0 aliphatic heterocycles. The number of benzene rings is 1. The van der Waals surface area contributed by atoms with Crippen molar-refractivity contribution in [2.45, 2.75) is 19.9 Å². The van der Waals surface area contributed by atoms with Gasteiger partial charge < -0.3 is 15.4 Å². The molecule has 0 radical (unpaired) electrons. The Morgan fingerprint density at radius 2 is 2.18 bits per heavy atom. The number of hydrogen-bond acceptors (Lipinski definition) is 5. The Balaban J connectivity index is 2.37. The molecule has 90 valence electrons. The predicted molar refractivity (Wildman–Crippen MR) is 63.2 cm³/mol. The summed E-state index contributed by atoms with van der Waals surface area (Å²) in [5, 5.41) is 12.7. The van der Waals surface area contributed by atoms with E-state index in [0.29, 0.717) is 11.7 Å². The van der Waals surface area contributed by atoms with E-state index in [1.807, 2.05) is 32.0 Å². The van der Waals surface area contributed by atoms with E-state index in [1.54, 1.807) is 0 Å². The summed E-state index contributed by atoms with van der Waals surface area (Å²) in [6.45, 7) is 3.81. The van der Waals surface area contributed by atoms with E-state index < -0.39 is 6.04 Å². The summed E-state index contributed by atoms with van der Waals surface area (Å²) < 4.78 is 5.14. The van der Waals surface area contributed by atoms with Crippen molar-refractivity contribution >= 4 is 0 Å². The number of aryl methyl sites for hydroxylation is 2. The lowest BCUT2D eigenvalue weighted by atomic mass is 10.1. The first-order chi connectivity index (χ1) is 8.11. The summed E-state index contributed by atoms with van der Waals surface area (Å²) >= 11 is 0. The minimum Gasteiger partial charge on any atom is -0.394 e. The average molecular weight is 233 g/mol. The van der Waals surface area contributed by atoms with Gasteiger partial charge in [-0.25, -0.2) is 0 Å². The molecule has 17 heavy (non-hydrogen) atoms. The van der Waals surface area contributed by atoms with Crippen LogP contribution in [0.5, 0.6) is 0 Å². The fourth-order valence-electron chi connectivity index (χ4n) is 1.63. The molecule has 0 aliphatic rings. The van der Waals surface area contributed by atoms with Gasteiger partial charge in [0.1, 0.15) is 0 Å². The van der Waals surface area contributed by atoms with Crippen molar-refractivity contribution in [3.63, 3.8) is 0 Å². The molecule has 0 saturated heterocycles. The van der Waals surface area contributed by atoms with E-state index in [9.17, 15) is 0 Å². The summed E-state index contributed by atoms with van der Waals surface area (Å²) in [7, 11) is 0. The van der Waals surface area contributed by atoms with Gasteiger partial charge in [-0.1, -0.05) is 22.9 Å². The molecule has 1 aromatic heterocycles.